The van der Waals surface area contributed by atoms with Crippen molar-refractivity contribution in [2.45, 2.75) is 51.6 Å². The van der Waals surface area contributed by atoms with E-state index in [2.05, 4.69) is 6.92 Å². The predicted octanol–water partition coefficient (Wildman–Crippen LogP) is 2.02. The molecule has 104 valence electrons. The van der Waals surface area contributed by atoms with Gasteiger partial charge in [0, 0.05) is 20.1 Å². The second-order valence-corrected chi connectivity index (χ2v) is 5.44. The van der Waals surface area contributed by atoms with Gasteiger partial charge in [0.25, 0.3) is 0 Å². The van der Waals surface area contributed by atoms with Crippen molar-refractivity contribution in [3.8, 4) is 0 Å². The summed E-state index contributed by atoms with van der Waals surface area (Å²) < 4.78 is 0. The summed E-state index contributed by atoms with van der Waals surface area (Å²) in [6.07, 6.45) is 4.39. The molecule has 0 bridgehead atoms. The van der Waals surface area contributed by atoms with E-state index in [1.54, 1.807) is 19.0 Å². The summed E-state index contributed by atoms with van der Waals surface area (Å²) in [6, 6.07) is -0.755. The molecule has 0 aromatic carbocycles. The molecule has 0 heterocycles. The number of likely N-dealkylation sites (N-methyl/N-ethyl adjacent to an activating group) is 1. The molecule has 0 saturated heterocycles. The lowest BCUT2D eigenvalue weighted by atomic mass is 9.86. The number of rotatable bonds is 3. The number of carboxylic acid groups (broad SMARTS) is 1. The van der Waals surface area contributed by atoms with E-state index in [9.17, 15) is 9.59 Å². The van der Waals surface area contributed by atoms with Crippen molar-refractivity contribution in [3.63, 3.8) is 0 Å². The summed E-state index contributed by atoms with van der Waals surface area (Å²) in [5.41, 5.74) is 0. The Morgan fingerprint density at radius 3 is 2.39 bits per heavy atom. The standard InChI is InChI=1S/C13H24N2O3/c1-9-6-5-7-11(8-9)15(4)13(18)14(3)10(2)12(16)17/h9-11H,5-8H2,1-4H3,(H,16,17). The van der Waals surface area contributed by atoms with E-state index in [1.807, 2.05) is 0 Å². The fourth-order valence-corrected chi connectivity index (χ4v) is 2.49. The van der Waals surface area contributed by atoms with Gasteiger partial charge in [-0.1, -0.05) is 19.8 Å². The summed E-state index contributed by atoms with van der Waals surface area (Å²) in [4.78, 5) is 26.1. The van der Waals surface area contributed by atoms with Crippen molar-refractivity contribution in [1.29, 1.82) is 0 Å². The van der Waals surface area contributed by atoms with Crippen LogP contribution in [0.1, 0.15) is 39.5 Å². The zero-order chi connectivity index (χ0) is 13.9. The number of carboxylic acids is 1. The van der Waals surface area contributed by atoms with Gasteiger partial charge in [0.05, 0.1) is 0 Å². The average Bonchev–Trinajstić information content (AvgIpc) is 2.35. The van der Waals surface area contributed by atoms with Crippen molar-refractivity contribution < 1.29 is 14.7 Å². The van der Waals surface area contributed by atoms with Gasteiger partial charge >= 0.3 is 12.0 Å². The van der Waals surface area contributed by atoms with E-state index >= 15 is 0 Å². The highest BCUT2D eigenvalue weighted by Crippen LogP contribution is 2.27. The molecule has 0 aliphatic heterocycles. The Morgan fingerprint density at radius 2 is 1.89 bits per heavy atom. The third kappa shape index (κ3) is 3.37. The van der Waals surface area contributed by atoms with Crippen LogP contribution in [-0.4, -0.2) is 53.1 Å². The molecule has 18 heavy (non-hydrogen) atoms. The molecule has 1 fully saturated rings. The average molecular weight is 256 g/mol. The molecule has 1 aliphatic carbocycles. The fourth-order valence-electron chi connectivity index (χ4n) is 2.49. The molecule has 1 N–H and O–H groups in total. The zero-order valence-electron chi connectivity index (χ0n) is 11.7. The summed E-state index contributed by atoms with van der Waals surface area (Å²) in [5.74, 6) is -0.336. The van der Waals surface area contributed by atoms with Crippen molar-refractivity contribution in [2.75, 3.05) is 14.1 Å². The molecule has 2 amide bonds. The Balaban J connectivity index is 2.62. The SMILES string of the molecule is CC1CCCC(N(C)C(=O)N(C)C(C)C(=O)O)C1. The van der Waals surface area contributed by atoms with Crippen LogP contribution in [0.4, 0.5) is 4.79 Å². The Morgan fingerprint density at radius 1 is 1.28 bits per heavy atom. The maximum Gasteiger partial charge on any atom is 0.326 e. The molecule has 0 aromatic heterocycles. The largest absolute Gasteiger partial charge is 0.480 e. The molecule has 3 unspecified atom stereocenters. The third-order valence-electron chi connectivity index (χ3n) is 4.00. The molecular weight excluding hydrogens is 232 g/mol. The lowest BCUT2D eigenvalue weighted by Crippen LogP contribution is -2.50. The van der Waals surface area contributed by atoms with Crippen molar-refractivity contribution in [1.82, 2.24) is 9.80 Å². The van der Waals surface area contributed by atoms with Gasteiger partial charge in [-0.15, -0.1) is 0 Å². The van der Waals surface area contributed by atoms with Crippen LogP contribution in [0.25, 0.3) is 0 Å². The molecule has 5 nitrogen and oxygen atoms in total. The van der Waals surface area contributed by atoms with E-state index < -0.39 is 12.0 Å². The minimum absolute atomic E-state index is 0.205. The first kappa shape index (κ1) is 14.8. The summed E-state index contributed by atoms with van der Waals surface area (Å²) in [5, 5.41) is 8.92. The van der Waals surface area contributed by atoms with Crippen LogP contribution in [0.15, 0.2) is 0 Å². The highest BCUT2D eigenvalue weighted by molar-refractivity contribution is 5.82. The van der Waals surface area contributed by atoms with Crippen LogP contribution in [0.2, 0.25) is 0 Å². The van der Waals surface area contributed by atoms with E-state index in [0.29, 0.717) is 5.92 Å². The van der Waals surface area contributed by atoms with Gasteiger partial charge in [-0.2, -0.15) is 0 Å². The van der Waals surface area contributed by atoms with Gasteiger partial charge in [0.15, 0.2) is 0 Å². The first-order valence-corrected chi connectivity index (χ1v) is 6.57. The quantitative estimate of drug-likeness (QED) is 0.840. The van der Waals surface area contributed by atoms with Crippen LogP contribution in [0, 0.1) is 5.92 Å². The summed E-state index contributed by atoms with van der Waals surface area (Å²) in [6.45, 7) is 3.73. The molecular formula is C13H24N2O3. The van der Waals surface area contributed by atoms with Gasteiger partial charge in [-0.3, -0.25) is 0 Å². The monoisotopic (exact) mass is 256 g/mol. The first-order valence-electron chi connectivity index (χ1n) is 6.57. The highest BCUT2D eigenvalue weighted by atomic mass is 16.4. The number of carbonyl (C=O) groups is 2. The minimum atomic E-state index is -0.976. The number of hydrogen-bond donors (Lipinski definition) is 1. The predicted molar refractivity (Wildman–Crippen MR) is 69.4 cm³/mol. The maximum atomic E-state index is 12.2. The number of carbonyl (C=O) groups excluding carboxylic acids is 1. The van der Waals surface area contributed by atoms with E-state index in [4.69, 9.17) is 5.11 Å². The lowest BCUT2D eigenvalue weighted by Gasteiger charge is -2.37. The Kier molecular flexibility index (Phi) is 4.99. The summed E-state index contributed by atoms with van der Waals surface area (Å²) >= 11 is 0. The van der Waals surface area contributed by atoms with Crippen LogP contribution in [-0.2, 0) is 4.79 Å². The molecule has 0 radical (unpaired) electrons. The number of urea groups is 1. The number of hydrogen-bond acceptors (Lipinski definition) is 2. The maximum absolute atomic E-state index is 12.2. The second-order valence-electron chi connectivity index (χ2n) is 5.44. The molecule has 5 heteroatoms. The Hall–Kier alpha value is -1.26. The van der Waals surface area contributed by atoms with E-state index in [-0.39, 0.29) is 12.1 Å². The number of amides is 2. The van der Waals surface area contributed by atoms with Gasteiger partial charge in [0.2, 0.25) is 0 Å². The van der Waals surface area contributed by atoms with Crippen LogP contribution >= 0.6 is 0 Å². The first-order chi connectivity index (χ1) is 8.34. The number of nitrogens with zero attached hydrogens (tertiary/aromatic N) is 2. The van der Waals surface area contributed by atoms with E-state index in [1.165, 1.54) is 18.2 Å². The number of aliphatic carboxylic acids is 1. The zero-order valence-corrected chi connectivity index (χ0v) is 11.7. The van der Waals surface area contributed by atoms with Gasteiger partial charge in [-0.25, -0.2) is 9.59 Å². The lowest BCUT2D eigenvalue weighted by molar-refractivity contribution is -0.141. The normalized spacial score (nSPS) is 25.3. The molecule has 1 saturated carbocycles. The van der Waals surface area contributed by atoms with Crippen molar-refractivity contribution >= 4 is 12.0 Å². The third-order valence-corrected chi connectivity index (χ3v) is 4.00. The Bertz CT molecular complexity index is 319. The van der Waals surface area contributed by atoms with Gasteiger partial charge in [-0.05, 0) is 25.7 Å². The second kappa shape index (κ2) is 6.07. The topological polar surface area (TPSA) is 60.9 Å². The molecule has 3 atom stereocenters. The minimum Gasteiger partial charge on any atom is -0.480 e. The fraction of sp³-hybridized carbons (Fsp3) is 0.846. The van der Waals surface area contributed by atoms with Gasteiger partial charge in [0.1, 0.15) is 6.04 Å². The molecule has 0 spiro atoms. The smallest absolute Gasteiger partial charge is 0.326 e. The Labute approximate surface area is 109 Å². The molecule has 0 aromatic rings. The van der Waals surface area contributed by atoms with E-state index in [0.717, 1.165) is 19.3 Å². The van der Waals surface area contributed by atoms with Crippen molar-refractivity contribution in [3.05, 3.63) is 0 Å². The molecule has 1 aliphatic rings. The van der Waals surface area contributed by atoms with Crippen LogP contribution in [0.5, 0.6) is 0 Å². The summed E-state index contributed by atoms with van der Waals surface area (Å²) in [7, 11) is 3.32. The van der Waals surface area contributed by atoms with Crippen LogP contribution < -0.4 is 0 Å². The molecule has 1 rings (SSSR count). The van der Waals surface area contributed by atoms with Crippen LogP contribution in [0.3, 0.4) is 0 Å². The van der Waals surface area contributed by atoms with Crippen molar-refractivity contribution in [2.24, 2.45) is 5.92 Å². The van der Waals surface area contributed by atoms with Gasteiger partial charge < -0.3 is 14.9 Å². The highest BCUT2D eigenvalue weighted by Gasteiger charge is 2.30.